The molecule has 242 valence electrons. The molecule has 5 aromatic rings. The lowest BCUT2D eigenvalue weighted by molar-refractivity contribution is -0.154. The van der Waals surface area contributed by atoms with Crippen molar-refractivity contribution in [1.82, 2.24) is 29.6 Å². The van der Waals surface area contributed by atoms with E-state index in [2.05, 4.69) is 15.2 Å². The number of hydrogen-bond donors (Lipinski definition) is 0. The van der Waals surface area contributed by atoms with Gasteiger partial charge in [-0.15, -0.1) is 5.06 Å². The molecule has 1 aliphatic rings. The molecule has 0 N–H and O–H groups in total. The van der Waals surface area contributed by atoms with Gasteiger partial charge in [-0.2, -0.15) is 10.2 Å². The van der Waals surface area contributed by atoms with E-state index in [1.807, 2.05) is 53.5 Å². The molecule has 0 aliphatic carbocycles. The van der Waals surface area contributed by atoms with Gasteiger partial charge in [0.1, 0.15) is 17.2 Å². The summed E-state index contributed by atoms with van der Waals surface area (Å²) < 4.78 is 36.0. The smallest absolute Gasteiger partial charge is 0.427 e. The Morgan fingerprint density at radius 2 is 1.62 bits per heavy atom. The molecule has 0 bridgehead atoms. The minimum atomic E-state index is -0.718. The summed E-state index contributed by atoms with van der Waals surface area (Å²) in [6, 6.07) is 17.6. The first-order valence-corrected chi connectivity index (χ1v) is 15.3. The number of hydroxylamine groups is 2. The molecular formula is C35H34F2N6O4. The summed E-state index contributed by atoms with van der Waals surface area (Å²) in [6.45, 7) is 6.72. The van der Waals surface area contributed by atoms with Crippen LogP contribution in [0.3, 0.4) is 0 Å². The summed E-state index contributed by atoms with van der Waals surface area (Å²) in [5.74, 6) is -1.44. The molecule has 0 saturated carbocycles. The molecule has 0 unspecified atom stereocenters. The van der Waals surface area contributed by atoms with Gasteiger partial charge in [0.15, 0.2) is 0 Å². The largest absolute Gasteiger partial charge is 0.528 e. The predicted octanol–water partition coefficient (Wildman–Crippen LogP) is 6.67. The number of aromatic nitrogens is 5. The molecule has 47 heavy (non-hydrogen) atoms. The Morgan fingerprint density at radius 1 is 0.872 bits per heavy atom. The SMILES string of the molecule is CC(C)(C)OC(=O)ON1CCC(n2cc(-c3ccc(-c4cccc(Cn5nc(-c6cc(F)cc(F)c6)ccc5=O)c4)nc3)cn2)CC1. The number of ether oxygens (including phenoxy) is 1. The quantitative estimate of drug-likeness (QED) is 0.182. The summed E-state index contributed by atoms with van der Waals surface area (Å²) in [7, 11) is 0. The highest BCUT2D eigenvalue weighted by atomic mass is 19.1. The fraction of sp³-hybridized carbons (Fsp3) is 0.286. The maximum Gasteiger partial charge on any atom is 0.528 e. The van der Waals surface area contributed by atoms with Crippen LogP contribution in [0.25, 0.3) is 33.6 Å². The van der Waals surface area contributed by atoms with E-state index in [-0.39, 0.29) is 29.4 Å². The van der Waals surface area contributed by atoms with E-state index in [1.165, 1.54) is 28.9 Å². The predicted molar refractivity (Wildman–Crippen MR) is 171 cm³/mol. The first-order chi connectivity index (χ1) is 22.5. The van der Waals surface area contributed by atoms with Crippen LogP contribution >= 0.6 is 0 Å². The van der Waals surface area contributed by atoms with E-state index in [0.717, 1.165) is 46.9 Å². The van der Waals surface area contributed by atoms with E-state index >= 15 is 0 Å². The van der Waals surface area contributed by atoms with E-state index in [0.29, 0.717) is 13.1 Å². The van der Waals surface area contributed by atoms with Crippen molar-refractivity contribution >= 4 is 6.16 Å². The van der Waals surface area contributed by atoms with Crippen molar-refractivity contribution in [2.75, 3.05) is 13.1 Å². The average Bonchev–Trinajstić information content (AvgIpc) is 3.52. The molecule has 0 radical (unpaired) electrons. The van der Waals surface area contributed by atoms with Crippen LogP contribution < -0.4 is 5.56 Å². The minimum absolute atomic E-state index is 0.168. The van der Waals surface area contributed by atoms with Crippen molar-refractivity contribution in [1.29, 1.82) is 0 Å². The van der Waals surface area contributed by atoms with Gasteiger partial charge in [0, 0.05) is 59.9 Å². The second-order valence-electron chi connectivity index (χ2n) is 12.4. The second kappa shape index (κ2) is 13.2. The summed E-state index contributed by atoms with van der Waals surface area (Å²) in [5.41, 5.74) is 3.88. The number of hydrogen-bond acceptors (Lipinski definition) is 8. The first kappa shape index (κ1) is 31.7. The number of halogens is 2. The lowest BCUT2D eigenvalue weighted by Crippen LogP contribution is -2.38. The van der Waals surface area contributed by atoms with Crippen LogP contribution in [0.4, 0.5) is 13.6 Å². The third-order valence-corrected chi connectivity index (χ3v) is 7.67. The topological polar surface area (TPSA) is 104 Å². The number of nitrogens with zero attached hydrogens (tertiary/aromatic N) is 6. The molecule has 2 aromatic carbocycles. The van der Waals surface area contributed by atoms with Crippen molar-refractivity contribution < 1.29 is 23.1 Å². The maximum atomic E-state index is 13.8. The number of rotatable bonds is 7. The summed E-state index contributed by atoms with van der Waals surface area (Å²) in [5, 5.41) is 10.6. The van der Waals surface area contributed by atoms with Gasteiger partial charge in [0.25, 0.3) is 5.56 Å². The Balaban J connectivity index is 1.10. The Morgan fingerprint density at radius 3 is 2.32 bits per heavy atom. The zero-order valence-corrected chi connectivity index (χ0v) is 26.3. The highest BCUT2D eigenvalue weighted by Crippen LogP contribution is 2.27. The number of carbonyl (C=O) groups excluding carboxylic acids is 1. The Bertz CT molecular complexity index is 1920. The van der Waals surface area contributed by atoms with Crippen LogP contribution in [0, 0.1) is 11.6 Å². The molecule has 3 aromatic heterocycles. The van der Waals surface area contributed by atoms with Gasteiger partial charge >= 0.3 is 6.16 Å². The number of benzene rings is 2. The summed E-state index contributed by atoms with van der Waals surface area (Å²) >= 11 is 0. The molecule has 1 saturated heterocycles. The molecule has 1 fully saturated rings. The lowest BCUT2D eigenvalue weighted by atomic mass is 10.1. The zero-order chi connectivity index (χ0) is 33.1. The Labute approximate surface area is 270 Å². The third kappa shape index (κ3) is 7.95. The van der Waals surface area contributed by atoms with Crippen LogP contribution in [-0.2, 0) is 16.1 Å². The molecule has 0 spiro atoms. The van der Waals surface area contributed by atoms with E-state index in [9.17, 15) is 18.4 Å². The number of carbonyl (C=O) groups is 1. The Hall–Kier alpha value is -5.23. The first-order valence-electron chi connectivity index (χ1n) is 15.3. The van der Waals surface area contributed by atoms with Gasteiger partial charge in [-0.05, 0) is 69.5 Å². The number of pyridine rings is 1. The fourth-order valence-corrected chi connectivity index (χ4v) is 5.41. The molecule has 10 nitrogen and oxygen atoms in total. The van der Waals surface area contributed by atoms with Gasteiger partial charge in [-0.25, -0.2) is 18.3 Å². The van der Waals surface area contributed by atoms with E-state index in [4.69, 9.17) is 9.57 Å². The summed E-state index contributed by atoms with van der Waals surface area (Å²) in [4.78, 5) is 34.6. The Kier molecular flexibility index (Phi) is 8.95. The molecule has 0 amide bonds. The van der Waals surface area contributed by atoms with Crippen molar-refractivity contribution in [2.24, 2.45) is 0 Å². The molecule has 1 aliphatic heterocycles. The van der Waals surface area contributed by atoms with Crippen LogP contribution in [0.1, 0.15) is 45.2 Å². The standard InChI is InChI=1S/C35H34F2N6O4/c1-35(2,3)46-34(45)47-41-13-11-30(12-14-41)42-22-27(20-39-42)25-7-8-31(38-19-25)24-6-4-5-23(15-24)21-43-33(44)10-9-32(40-43)26-16-28(36)18-29(37)17-26/h4-10,15-20,22,30H,11-14,21H2,1-3H3. The van der Waals surface area contributed by atoms with Crippen molar-refractivity contribution in [3.63, 3.8) is 0 Å². The van der Waals surface area contributed by atoms with E-state index < -0.39 is 23.4 Å². The molecule has 6 rings (SSSR count). The van der Waals surface area contributed by atoms with Crippen molar-refractivity contribution in [2.45, 2.75) is 51.8 Å². The van der Waals surface area contributed by atoms with Gasteiger partial charge in [0.2, 0.25) is 0 Å². The van der Waals surface area contributed by atoms with Crippen LogP contribution in [0.15, 0.2) is 90.1 Å². The molecular weight excluding hydrogens is 606 g/mol. The van der Waals surface area contributed by atoms with Gasteiger partial charge in [-0.1, -0.05) is 24.3 Å². The number of piperidine rings is 1. The highest BCUT2D eigenvalue weighted by molar-refractivity contribution is 5.66. The highest BCUT2D eigenvalue weighted by Gasteiger charge is 2.26. The van der Waals surface area contributed by atoms with Gasteiger partial charge in [0.05, 0.1) is 30.2 Å². The van der Waals surface area contributed by atoms with Crippen LogP contribution in [-0.4, -0.2) is 54.5 Å². The third-order valence-electron chi connectivity index (χ3n) is 7.67. The van der Waals surface area contributed by atoms with Gasteiger partial charge in [-0.3, -0.25) is 14.5 Å². The van der Waals surface area contributed by atoms with Gasteiger partial charge < -0.3 is 9.57 Å². The second-order valence-corrected chi connectivity index (χ2v) is 12.4. The fourth-order valence-electron chi connectivity index (χ4n) is 5.41. The van der Waals surface area contributed by atoms with Crippen LogP contribution in [0.5, 0.6) is 0 Å². The monoisotopic (exact) mass is 640 g/mol. The zero-order valence-electron chi connectivity index (χ0n) is 26.3. The maximum absolute atomic E-state index is 13.8. The van der Waals surface area contributed by atoms with Crippen molar-refractivity contribution in [3.05, 3.63) is 113 Å². The molecule has 0 atom stereocenters. The average molecular weight is 641 g/mol. The normalized spacial score (nSPS) is 14.2. The lowest BCUT2D eigenvalue weighted by Gasteiger charge is -2.31. The van der Waals surface area contributed by atoms with Crippen molar-refractivity contribution in [3.8, 4) is 33.6 Å². The summed E-state index contributed by atoms with van der Waals surface area (Å²) in [6.07, 6.45) is 6.47. The van der Waals surface area contributed by atoms with Crippen LogP contribution in [0.2, 0.25) is 0 Å². The minimum Gasteiger partial charge on any atom is -0.427 e. The van der Waals surface area contributed by atoms with E-state index in [1.54, 1.807) is 32.0 Å². The molecule has 4 heterocycles. The molecule has 12 heteroatoms.